The van der Waals surface area contributed by atoms with Crippen LogP contribution in [0.3, 0.4) is 0 Å². The standard InChI is InChI=1S/C10H16BrNO2/c1-8(13)6-4-3-5-7-12-10(14)9(2)11/h2-7H2,1H3,(H,12,14). The van der Waals surface area contributed by atoms with Crippen molar-refractivity contribution in [1.82, 2.24) is 5.32 Å². The van der Waals surface area contributed by atoms with Gasteiger partial charge in [-0.25, -0.2) is 0 Å². The maximum absolute atomic E-state index is 11.0. The lowest BCUT2D eigenvalue weighted by Crippen LogP contribution is -2.23. The van der Waals surface area contributed by atoms with E-state index in [2.05, 4.69) is 27.8 Å². The molecule has 0 aromatic heterocycles. The first-order valence-electron chi connectivity index (χ1n) is 4.66. The second-order valence-corrected chi connectivity index (χ2v) is 4.13. The molecule has 0 aliphatic carbocycles. The van der Waals surface area contributed by atoms with E-state index in [1.54, 1.807) is 6.92 Å². The molecular weight excluding hydrogens is 246 g/mol. The van der Waals surface area contributed by atoms with Gasteiger partial charge in [0.05, 0.1) is 4.48 Å². The summed E-state index contributed by atoms with van der Waals surface area (Å²) in [6.07, 6.45) is 3.41. The number of ketones is 1. The Kier molecular flexibility index (Phi) is 7.38. The van der Waals surface area contributed by atoms with Gasteiger partial charge in [0.25, 0.3) is 5.91 Å². The average Bonchev–Trinajstić information content (AvgIpc) is 2.09. The third-order valence-electron chi connectivity index (χ3n) is 1.74. The lowest BCUT2D eigenvalue weighted by molar-refractivity contribution is -0.118. The number of unbranched alkanes of at least 4 members (excludes halogenated alkanes) is 2. The van der Waals surface area contributed by atoms with Crippen LogP contribution in [0.5, 0.6) is 0 Å². The molecule has 0 saturated heterocycles. The topological polar surface area (TPSA) is 46.2 Å². The summed E-state index contributed by atoms with van der Waals surface area (Å²) in [5, 5.41) is 2.70. The van der Waals surface area contributed by atoms with Crippen LogP contribution in [0, 0.1) is 0 Å². The van der Waals surface area contributed by atoms with E-state index in [1.165, 1.54) is 0 Å². The minimum atomic E-state index is -0.170. The van der Waals surface area contributed by atoms with E-state index >= 15 is 0 Å². The van der Waals surface area contributed by atoms with Crippen molar-refractivity contribution in [3.05, 3.63) is 11.1 Å². The van der Waals surface area contributed by atoms with Crippen LogP contribution in [0.25, 0.3) is 0 Å². The molecule has 3 nitrogen and oxygen atoms in total. The number of amides is 1. The van der Waals surface area contributed by atoms with Crippen LogP contribution in [0.15, 0.2) is 11.1 Å². The fraction of sp³-hybridized carbons (Fsp3) is 0.600. The molecule has 0 heterocycles. The molecule has 4 heteroatoms. The Morgan fingerprint density at radius 2 is 1.93 bits per heavy atom. The molecule has 0 fully saturated rings. The summed E-state index contributed by atoms with van der Waals surface area (Å²) in [5.74, 6) is 0.0550. The Morgan fingerprint density at radius 3 is 2.43 bits per heavy atom. The van der Waals surface area contributed by atoms with Crippen molar-refractivity contribution in [3.63, 3.8) is 0 Å². The number of hydrogen-bond acceptors (Lipinski definition) is 2. The number of carbonyl (C=O) groups is 2. The van der Waals surface area contributed by atoms with Crippen molar-refractivity contribution in [1.29, 1.82) is 0 Å². The number of rotatable bonds is 7. The number of nitrogens with one attached hydrogen (secondary N) is 1. The molecule has 0 atom stereocenters. The van der Waals surface area contributed by atoms with E-state index in [9.17, 15) is 9.59 Å². The third-order valence-corrected chi connectivity index (χ3v) is 2.10. The van der Waals surface area contributed by atoms with E-state index in [1.807, 2.05) is 0 Å². The molecule has 0 aliphatic heterocycles. The zero-order valence-corrected chi connectivity index (χ0v) is 10.0. The molecule has 1 N–H and O–H groups in total. The SMILES string of the molecule is C=C(Br)C(=O)NCCCCCC(C)=O. The zero-order chi connectivity index (χ0) is 11.0. The molecule has 0 spiro atoms. The fourth-order valence-electron chi connectivity index (χ4n) is 0.974. The molecular formula is C10H16BrNO2. The van der Waals surface area contributed by atoms with Gasteiger partial charge < -0.3 is 10.1 Å². The summed E-state index contributed by atoms with van der Waals surface area (Å²) in [5.41, 5.74) is 0. The Balaban J connectivity index is 3.26. The Bertz CT molecular complexity index is 226. The van der Waals surface area contributed by atoms with Crippen LogP contribution in [0.4, 0.5) is 0 Å². The van der Waals surface area contributed by atoms with E-state index in [-0.39, 0.29) is 11.7 Å². The van der Waals surface area contributed by atoms with Crippen LogP contribution in [-0.4, -0.2) is 18.2 Å². The van der Waals surface area contributed by atoms with E-state index < -0.39 is 0 Å². The van der Waals surface area contributed by atoms with Gasteiger partial charge in [-0.15, -0.1) is 0 Å². The van der Waals surface area contributed by atoms with Gasteiger partial charge in [0.2, 0.25) is 0 Å². The molecule has 1 amide bonds. The second-order valence-electron chi connectivity index (χ2n) is 3.17. The van der Waals surface area contributed by atoms with Gasteiger partial charge in [0.1, 0.15) is 5.78 Å². The first-order valence-corrected chi connectivity index (χ1v) is 5.45. The zero-order valence-electron chi connectivity index (χ0n) is 8.44. The molecule has 0 radical (unpaired) electrons. The molecule has 0 aromatic rings. The fourth-order valence-corrected chi connectivity index (χ4v) is 1.11. The van der Waals surface area contributed by atoms with Crippen LogP contribution in [0.1, 0.15) is 32.6 Å². The minimum Gasteiger partial charge on any atom is -0.352 e. The molecule has 14 heavy (non-hydrogen) atoms. The maximum Gasteiger partial charge on any atom is 0.257 e. The Labute approximate surface area is 93.1 Å². The predicted octanol–water partition coefficient (Wildman–Crippen LogP) is 2.16. The van der Waals surface area contributed by atoms with Crippen molar-refractivity contribution in [2.75, 3.05) is 6.54 Å². The van der Waals surface area contributed by atoms with Gasteiger partial charge in [-0.1, -0.05) is 13.0 Å². The monoisotopic (exact) mass is 261 g/mol. The second kappa shape index (κ2) is 7.74. The average molecular weight is 262 g/mol. The molecule has 0 unspecified atom stereocenters. The van der Waals surface area contributed by atoms with Crippen molar-refractivity contribution in [3.8, 4) is 0 Å². The van der Waals surface area contributed by atoms with Crippen LogP contribution in [0.2, 0.25) is 0 Å². The highest BCUT2D eigenvalue weighted by molar-refractivity contribution is 9.12. The number of hydrogen-bond donors (Lipinski definition) is 1. The lowest BCUT2D eigenvalue weighted by Gasteiger charge is -2.02. The summed E-state index contributed by atoms with van der Waals surface area (Å²) in [6.45, 7) is 5.69. The summed E-state index contributed by atoms with van der Waals surface area (Å²) < 4.78 is 0.348. The van der Waals surface area contributed by atoms with Gasteiger partial charge >= 0.3 is 0 Å². The third kappa shape index (κ3) is 7.98. The van der Waals surface area contributed by atoms with E-state index in [4.69, 9.17) is 0 Å². The van der Waals surface area contributed by atoms with Crippen LogP contribution >= 0.6 is 15.9 Å². The number of carbonyl (C=O) groups excluding carboxylic acids is 2. The minimum absolute atomic E-state index is 0.170. The predicted molar refractivity (Wildman–Crippen MR) is 60.2 cm³/mol. The first-order chi connectivity index (χ1) is 6.54. The summed E-state index contributed by atoms with van der Waals surface area (Å²) in [7, 11) is 0. The van der Waals surface area contributed by atoms with Crippen LogP contribution < -0.4 is 5.32 Å². The smallest absolute Gasteiger partial charge is 0.257 e. The summed E-state index contributed by atoms with van der Waals surface area (Å²) in [4.78, 5) is 21.6. The number of halogens is 1. The molecule has 0 aromatic carbocycles. The molecule has 0 saturated carbocycles. The van der Waals surface area contributed by atoms with E-state index in [0.717, 1.165) is 19.3 Å². The summed E-state index contributed by atoms with van der Waals surface area (Å²) >= 11 is 2.99. The van der Waals surface area contributed by atoms with Crippen molar-refractivity contribution >= 4 is 27.6 Å². The Morgan fingerprint density at radius 1 is 1.29 bits per heavy atom. The Hall–Kier alpha value is -0.640. The molecule has 0 aliphatic rings. The van der Waals surface area contributed by atoms with Crippen molar-refractivity contribution < 1.29 is 9.59 Å². The lowest BCUT2D eigenvalue weighted by atomic mass is 10.1. The van der Waals surface area contributed by atoms with E-state index in [0.29, 0.717) is 17.4 Å². The first kappa shape index (κ1) is 13.4. The van der Waals surface area contributed by atoms with Gasteiger partial charge in [-0.3, -0.25) is 4.79 Å². The van der Waals surface area contributed by atoms with Crippen LogP contribution in [-0.2, 0) is 9.59 Å². The van der Waals surface area contributed by atoms with Gasteiger partial charge in [0, 0.05) is 13.0 Å². The van der Waals surface area contributed by atoms with Gasteiger partial charge in [-0.2, -0.15) is 0 Å². The summed E-state index contributed by atoms with van der Waals surface area (Å²) in [6, 6.07) is 0. The van der Waals surface area contributed by atoms with Gasteiger partial charge in [-0.05, 0) is 35.7 Å². The molecule has 0 bridgehead atoms. The largest absolute Gasteiger partial charge is 0.352 e. The quantitative estimate of drug-likeness (QED) is 0.564. The number of Topliss-reactive ketones (excluding diaryl/α,β-unsaturated/α-hetero) is 1. The van der Waals surface area contributed by atoms with Crippen molar-refractivity contribution in [2.24, 2.45) is 0 Å². The maximum atomic E-state index is 11.0. The molecule has 0 rings (SSSR count). The highest BCUT2D eigenvalue weighted by Gasteiger charge is 2.01. The normalized spacial score (nSPS) is 9.57. The molecule has 80 valence electrons. The van der Waals surface area contributed by atoms with Crippen molar-refractivity contribution in [2.45, 2.75) is 32.6 Å². The highest BCUT2D eigenvalue weighted by atomic mass is 79.9. The highest BCUT2D eigenvalue weighted by Crippen LogP contribution is 2.01. The van der Waals surface area contributed by atoms with Gasteiger partial charge in [0.15, 0.2) is 0 Å².